The molecule has 2 heteroatoms. The van der Waals surface area contributed by atoms with Gasteiger partial charge in [-0.1, -0.05) is 6.07 Å². The van der Waals surface area contributed by atoms with Crippen molar-refractivity contribution in [3.05, 3.63) is 35.0 Å². The predicted octanol–water partition coefficient (Wildman–Crippen LogP) is 2.81. The number of aryl methyl sites for hydroxylation is 2. The Balaban J connectivity index is 2.02. The first-order valence-electron chi connectivity index (χ1n) is 6.65. The fraction of sp³-hybridized carbons (Fsp3) is 0.467. The highest BCUT2D eigenvalue weighted by Crippen LogP contribution is 2.29. The zero-order chi connectivity index (χ0) is 11.7. The summed E-state index contributed by atoms with van der Waals surface area (Å²) in [5.74, 6) is 0. The molecule has 2 N–H and O–H groups in total. The molecule has 3 rings (SSSR count). The van der Waals surface area contributed by atoms with Crippen LogP contribution in [0.25, 0.3) is 10.9 Å². The van der Waals surface area contributed by atoms with Gasteiger partial charge in [0.1, 0.15) is 0 Å². The lowest BCUT2D eigenvalue weighted by Crippen LogP contribution is -2.10. The summed E-state index contributed by atoms with van der Waals surface area (Å²) in [4.78, 5) is 3.58. The summed E-state index contributed by atoms with van der Waals surface area (Å²) in [5.41, 5.74) is 5.83. The van der Waals surface area contributed by atoms with Gasteiger partial charge < -0.3 is 10.3 Å². The molecule has 0 aliphatic heterocycles. The number of fused-ring (bicyclic) bond motifs is 3. The van der Waals surface area contributed by atoms with Gasteiger partial charge in [0, 0.05) is 16.6 Å². The summed E-state index contributed by atoms with van der Waals surface area (Å²) in [5, 5.41) is 4.68. The molecule has 0 bridgehead atoms. The maximum absolute atomic E-state index is 3.58. The van der Waals surface area contributed by atoms with Crippen molar-refractivity contribution in [2.45, 2.75) is 32.1 Å². The summed E-state index contributed by atoms with van der Waals surface area (Å²) < 4.78 is 0. The van der Waals surface area contributed by atoms with E-state index in [0.29, 0.717) is 0 Å². The van der Waals surface area contributed by atoms with Gasteiger partial charge in [-0.25, -0.2) is 0 Å². The Labute approximate surface area is 102 Å². The van der Waals surface area contributed by atoms with Crippen LogP contribution in [0.3, 0.4) is 0 Å². The van der Waals surface area contributed by atoms with Crippen molar-refractivity contribution < 1.29 is 0 Å². The Morgan fingerprint density at radius 1 is 1.24 bits per heavy atom. The number of aromatic amines is 1. The highest BCUT2D eigenvalue weighted by Gasteiger charge is 2.15. The zero-order valence-electron chi connectivity index (χ0n) is 10.5. The van der Waals surface area contributed by atoms with Crippen molar-refractivity contribution in [3.63, 3.8) is 0 Å². The van der Waals surface area contributed by atoms with Gasteiger partial charge in [-0.3, -0.25) is 0 Å². The molecule has 0 atom stereocenters. The topological polar surface area (TPSA) is 27.8 Å². The van der Waals surface area contributed by atoms with Gasteiger partial charge in [-0.05, 0) is 69.0 Å². The van der Waals surface area contributed by atoms with E-state index in [4.69, 9.17) is 0 Å². The lowest BCUT2D eigenvalue weighted by atomic mass is 9.95. The molecule has 2 aromatic rings. The summed E-state index contributed by atoms with van der Waals surface area (Å²) in [6.45, 7) is 1.05. The number of hydrogen-bond acceptors (Lipinski definition) is 1. The van der Waals surface area contributed by atoms with E-state index in [1.807, 2.05) is 7.05 Å². The minimum atomic E-state index is 1.05. The van der Waals surface area contributed by atoms with Gasteiger partial charge in [0.25, 0.3) is 0 Å². The minimum absolute atomic E-state index is 1.05. The molecule has 1 heterocycles. The van der Waals surface area contributed by atoms with Crippen molar-refractivity contribution in [2.24, 2.45) is 0 Å². The van der Waals surface area contributed by atoms with Crippen LogP contribution >= 0.6 is 0 Å². The number of benzene rings is 1. The van der Waals surface area contributed by atoms with Crippen molar-refractivity contribution in [2.75, 3.05) is 13.6 Å². The van der Waals surface area contributed by atoms with Gasteiger partial charge in [-0.2, -0.15) is 0 Å². The number of H-pyrrole nitrogens is 1. The van der Waals surface area contributed by atoms with Crippen LogP contribution in [0.4, 0.5) is 0 Å². The highest BCUT2D eigenvalue weighted by atomic mass is 14.8. The fourth-order valence-electron chi connectivity index (χ4n) is 2.88. The van der Waals surface area contributed by atoms with E-state index < -0.39 is 0 Å². The summed E-state index contributed by atoms with van der Waals surface area (Å²) in [7, 11) is 2.01. The third-order valence-electron chi connectivity index (χ3n) is 3.83. The monoisotopic (exact) mass is 228 g/mol. The van der Waals surface area contributed by atoms with Crippen LogP contribution in [-0.4, -0.2) is 18.6 Å². The van der Waals surface area contributed by atoms with E-state index in [1.54, 1.807) is 5.56 Å². The van der Waals surface area contributed by atoms with E-state index in [9.17, 15) is 0 Å². The summed E-state index contributed by atoms with van der Waals surface area (Å²) >= 11 is 0. The first-order chi connectivity index (χ1) is 8.38. The van der Waals surface area contributed by atoms with Gasteiger partial charge in [0.05, 0.1) is 0 Å². The Morgan fingerprint density at radius 3 is 3.00 bits per heavy atom. The molecule has 1 aliphatic rings. The van der Waals surface area contributed by atoms with E-state index in [0.717, 1.165) is 13.0 Å². The van der Waals surface area contributed by atoms with Crippen molar-refractivity contribution >= 4 is 10.9 Å². The first kappa shape index (κ1) is 10.8. The van der Waals surface area contributed by atoms with Crippen LogP contribution in [0.2, 0.25) is 0 Å². The Morgan fingerprint density at radius 2 is 2.12 bits per heavy atom. The molecule has 1 aliphatic carbocycles. The van der Waals surface area contributed by atoms with Gasteiger partial charge in [-0.15, -0.1) is 0 Å². The SMILES string of the molecule is CNCCc1ccc2[nH]c3c(c2c1)CCCC3. The van der Waals surface area contributed by atoms with Crippen LogP contribution in [0.5, 0.6) is 0 Å². The number of rotatable bonds is 3. The smallest absolute Gasteiger partial charge is 0.0459 e. The second-order valence-electron chi connectivity index (χ2n) is 5.02. The standard InChI is InChI=1S/C15H20N2/c1-16-9-8-11-6-7-15-13(10-11)12-4-2-3-5-14(12)17-15/h6-7,10,16-17H,2-5,8-9H2,1H3. The average Bonchev–Trinajstić information content (AvgIpc) is 2.74. The Kier molecular flexibility index (Phi) is 2.89. The van der Waals surface area contributed by atoms with Gasteiger partial charge in [0.15, 0.2) is 0 Å². The molecule has 0 fully saturated rings. The van der Waals surface area contributed by atoms with Crippen LogP contribution in [-0.2, 0) is 19.3 Å². The van der Waals surface area contributed by atoms with Gasteiger partial charge >= 0.3 is 0 Å². The van der Waals surface area contributed by atoms with E-state index >= 15 is 0 Å². The van der Waals surface area contributed by atoms with E-state index in [-0.39, 0.29) is 0 Å². The third-order valence-corrected chi connectivity index (χ3v) is 3.83. The molecule has 0 radical (unpaired) electrons. The number of aromatic nitrogens is 1. The summed E-state index contributed by atoms with van der Waals surface area (Å²) in [6.07, 6.45) is 6.29. The van der Waals surface area contributed by atoms with E-state index in [1.165, 1.54) is 47.8 Å². The molecule has 1 aromatic heterocycles. The van der Waals surface area contributed by atoms with Crippen LogP contribution in [0.1, 0.15) is 29.7 Å². The Bertz CT molecular complexity index is 525. The summed E-state index contributed by atoms with van der Waals surface area (Å²) in [6, 6.07) is 6.88. The van der Waals surface area contributed by atoms with Crippen molar-refractivity contribution in [1.29, 1.82) is 0 Å². The zero-order valence-corrected chi connectivity index (χ0v) is 10.5. The number of hydrogen-bond donors (Lipinski definition) is 2. The van der Waals surface area contributed by atoms with Crippen molar-refractivity contribution in [3.8, 4) is 0 Å². The molecule has 90 valence electrons. The highest BCUT2D eigenvalue weighted by molar-refractivity contribution is 5.85. The quantitative estimate of drug-likeness (QED) is 0.830. The van der Waals surface area contributed by atoms with E-state index in [2.05, 4.69) is 28.5 Å². The van der Waals surface area contributed by atoms with Gasteiger partial charge in [0.2, 0.25) is 0 Å². The molecular formula is C15H20N2. The lowest BCUT2D eigenvalue weighted by Gasteiger charge is -2.10. The molecule has 0 amide bonds. The second-order valence-corrected chi connectivity index (χ2v) is 5.02. The molecule has 0 spiro atoms. The molecular weight excluding hydrogens is 208 g/mol. The molecule has 17 heavy (non-hydrogen) atoms. The number of likely N-dealkylation sites (N-methyl/N-ethyl adjacent to an activating group) is 1. The molecule has 0 unspecified atom stereocenters. The maximum Gasteiger partial charge on any atom is 0.0459 e. The molecule has 0 saturated carbocycles. The number of nitrogens with one attached hydrogen (secondary N) is 2. The van der Waals surface area contributed by atoms with Crippen LogP contribution in [0, 0.1) is 0 Å². The first-order valence-corrected chi connectivity index (χ1v) is 6.65. The average molecular weight is 228 g/mol. The second kappa shape index (κ2) is 4.53. The van der Waals surface area contributed by atoms with Crippen LogP contribution in [0.15, 0.2) is 18.2 Å². The normalized spacial score (nSPS) is 15.1. The lowest BCUT2D eigenvalue weighted by molar-refractivity contribution is 0.680. The molecule has 2 nitrogen and oxygen atoms in total. The maximum atomic E-state index is 3.58. The molecule has 0 saturated heterocycles. The van der Waals surface area contributed by atoms with Crippen molar-refractivity contribution in [1.82, 2.24) is 10.3 Å². The third kappa shape index (κ3) is 1.98. The Hall–Kier alpha value is -1.28. The predicted molar refractivity (Wildman–Crippen MR) is 72.6 cm³/mol. The minimum Gasteiger partial charge on any atom is -0.358 e. The largest absolute Gasteiger partial charge is 0.358 e. The van der Waals surface area contributed by atoms with Crippen LogP contribution < -0.4 is 5.32 Å². The molecule has 1 aromatic carbocycles. The fourth-order valence-corrected chi connectivity index (χ4v) is 2.88.